The Hall–Kier alpha value is -2.73. The molecule has 0 amide bonds. The zero-order valence-corrected chi connectivity index (χ0v) is 17.3. The fourth-order valence-corrected chi connectivity index (χ4v) is 4.47. The van der Waals surface area contributed by atoms with Crippen LogP contribution in [0, 0.1) is 11.6 Å². The van der Waals surface area contributed by atoms with Crippen LogP contribution in [0.25, 0.3) is 17.0 Å². The third-order valence-corrected chi connectivity index (χ3v) is 5.52. The first kappa shape index (κ1) is 20.5. The van der Waals surface area contributed by atoms with Gasteiger partial charge < -0.3 is 10.1 Å². The van der Waals surface area contributed by atoms with Crippen molar-refractivity contribution in [1.82, 2.24) is 9.88 Å². The molecule has 1 aliphatic heterocycles. The molecule has 158 valence electrons. The molecule has 0 radical (unpaired) electrons. The Bertz CT molecular complexity index is 1100. The molecule has 1 aliphatic rings. The van der Waals surface area contributed by atoms with Gasteiger partial charge in [0.15, 0.2) is 0 Å². The standard InChI is InChI=1S/C24H25F3N2O/c1-4-5-14-10-18(25)21(19(26)11-14)23-22-17(8-9-29(23)13-24(2,3)27)16-7-6-15(30)12-20(16)28-22/h4-7,10-12,23,28,30H,8-9,13H2,1-3H3/b5-4+. The summed E-state index contributed by atoms with van der Waals surface area (Å²) in [5.41, 5.74) is 1.09. The van der Waals surface area contributed by atoms with Gasteiger partial charge in [-0.15, -0.1) is 0 Å². The Morgan fingerprint density at radius 2 is 1.90 bits per heavy atom. The lowest BCUT2D eigenvalue weighted by atomic mass is 9.90. The minimum atomic E-state index is -1.53. The number of benzene rings is 2. The van der Waals surface area contributed by atoms with Gasteiger partial charge in [-0.25, -0.2) is 13.2 Å². The zero-order chi connectivity index (χ0) is 21.6. The average molecular weight is 414 g/mol. The Morgan fingerprint density at radius 1 is 1.20 bits per heavy atom. The van der Waals surface area contributed by atoms with Gasteiger partial charge in [0, 0.05) is 41.3 Å². The number of alkyl halides is 1. The number of aromatic hydroxyl groups is 1. The van der Waals surface area contributed by atoms with E-state index >= 15 is 8.78 Å². The van der Waals surface area contributed by atoms with Crippen LogP contribution >= 0.6 is 0 Å². The van der Waals surface area contributed by atoms with Gasteiger partial charge in [0.2, 0.25) is 0 Å². The van der Waals surface area contributed by atoms with Crippen LogP contribution in [-0.2, 0) is 6.42 Å². The van der Waals surface area contributed by atoms with Crippen LogP contribution in [0.2, 0.25) is 0 Å². The van der Waals surface area contributed by atoms with Crippen molar-refractivity contribution in [2.75, 3.05) is 13.1 Å². The molecule has 30 heavy (non-hydrogen) atoms. The van der Waals surface area contributed by atoms with E-state index in [2.05, 4.69) is 4.98 Å². The number of phenolic OH excluding ortho intramolecular Hbond substituents is 1. The summed E-state index contributed by atoms with van der Waals surface area (Å²) in [6.45, 7) is 5.21. The van der Waals surface area contributed by atoms with Crippen molar-refractivity contribution < 1.29 is 18.3 Å². The Morgan fingerprint density at radius 3 is 2.53 bits per heavy atom. The molecule has 3 nitrogen and oxygen atoms in total. The second-order valence-corrected chi connectivity index (χ2v) is 8.49. The van der Waals surface area contributed by atoms with Gasteiger partial charge in [0.25, 0.3) is 0 Å². The highest BCUT2D eigenvalue weighted by molar-refractivity contribution is 5.86. The second kappa shape index (κ2) is 7.51. The monoisotopic (exact) mass is 414 g/mol. The smallest absolute Gasteiger partial charge is 0.131 e. The Balaban J connectivity index is 1.93. The van der Waals surface area contributed by atoms with Crippen LogP contribution in [0.1, 0.15) is 49.2 Å². The first-order valence-electron chi connectivity index (χ1n) is 10.1. The fourth-order valence-electron chi connectivity index (χ4n) is 4.47. The van der Waals surface area contributed by atoms with Crippen molar-refractivity contribution in [2.24, 2.45) is 0 Å². The Labute approximate surface area is 173 Å². The van der Waals surface area contributed by atoms with Crippen molar-refractivity contribution in [3.05, 3.63) is 70.4 Å². The number of hydrogen-bond donors (Lipinski definition) is 2. The van der Waals surface area contributed by atoms with Gasteiger partial charge in [-0.05, 0) is 62.6 Å². The van der Waals surface area contributed by atoms with Gasteiger partial charge in [-0.3, -0.25) is 4.90 Å². The second-order valence-electron chi connectivity index (χ2n) is 8.49. The molecule has 1 unspecified atom stereocenters. The van der Waals surface area contributed by atoms with Crippen molar-refractivity contribution in [2.45, 2.75) is 38.9 Å². The van der Waals surface area contributed by atoms with Crippen molar-refractivity contribution in [3.63, 3.8) is 0 Å². The van der Waals surface area contributed by atoms with E-state index in [1.54, 1.807) is 42.2 Å². The highest BCUT2D eigenvalue weighted by Gasteiger charge is 2.37. The lowest BCUT2D eigenvalue weighted by molar-refractivity contribution is 0.0963. The first-order valence-corrected chi connectivity index (χ1v) is 10.1. The van der Waals surface area contributed by atoms with E-state index in [0.717, 1.165) is 10.9 Å². The number of nitrogens with one attached hydrogen (secondary N) is 1. The van der Waals surface area contributed by atoms with E-state index < -0.39 is 23.3 Å². The number of allylic oxidation sites excluding steroid dienone is 1. The van der Waals surface area contributed by atoms with Crippen LogP contribution in [0.3, 0.4) is 0 Å². The van der Waals surface area contributed by atoms with E-state index in [9.17, 15) is 9.50 Å². The van der Waals surface area contributed by atoms with E-state index in [1.165, 1.54) is 26.0 Å². The third kappa shape index (κ3) is 3.72. The lowest BCUT2D eigenvalue weighted by Gasteiger charge is -2.38. The van der Waals surface area contributed by atoms with E-state index in [-0.39, 0.29) is 17.9 Å². The molecule has 1 aromatic heterocycles. The lowest BCUT2D eigenvalue weighted by Crippen LogP contribution is -2.43. The van der Waals surface area contributed by atoms with Crippen molar-refractivity contribution in [3.8, 4) is 5.75 Å². The topological polar surface area (TPSA) is 39.3 Å². The summed E-state index contributed by atoms with van der Waals surface area (Å²) in [7, 11) is 0. The largest absolute Gasteiger partial charge is 0.508 e. The van der Waals surface area contributed by atoms with E-state index in [0.29, 0.717) is 29.7 Å². The van der Waals surface area contributed by atoms with E-state index in [4.69, 9.17) is 0 Å². The number of fused-ring (bicyclic) bond motifs is 3. The number of aromatic amines is 1. The number of phenols is 1. The minimum Gasteiger partial charge on any atom is -0.508 e. The number of H-pyrrole nitrogens is 1. The maximum absolute atomic E-state index is 15.2. The maximum atomic E-state index is 15.2. The maximum Gasteiger partial charge on any atom is 0.131 e. The van der Waals surface area contributed by atoms with Crippen LogP contribution in [0.4, 0.5) is 13.2 Å². The predicted octanol–water partition coefficient (Wildman–Crippen LogP) is 5.88. The fraction of sp³-hybridized carbons (Fsp3) is 0.333. The third-order valence-electron chi connectivity index (χ3n) is 5.52. The zero-order valence-electron chi connectivity index (χ0n) is 17.3. The predicted molar refractivity (Wildman–Crippen MR) is 113 cm³/mol. The van der Waals surface area contributed by atoms with Gasteiger partial charge in [-0.1, -0.05) is 12.2 Å². The molecule has 1 atom stereocenters. The molecule has 0 fully saturated rings. The molecule has 3 aromatic rings. The highest BCUT2D eigenvalue weighted by Crippen LogP contribution is 2.41. The van der Waals surface area contributed by atoms with Crippen LogP contribution < -0.4 is 0 Å². The number of nitrogens with zero attached hydrogens (tertiary/aromatic N) is 1. The number of aromatic nitrogens is 1. The average Bonchev–Trinajstić information content (AvgIpc) is 2.99. The molecule has 4 rings (SSSR count). The van der Waals surface area contributed by atoms with Crippen LogP contribution in [0.5, 0.6) is 5.75 Å². The van der Waals surface area contributed by atoms with Crippen LogP contribution in [0.15, 0.2) is 36.4 Å². The summed E-state index contributed by atoms with van der Waals surface area (Å²) in [6.07, 6.45) is 3.97. The summed E-state index contributed by atoms with van der Waals surface area (Å²) in [4.78, 5) is 5.03. The van der Waals surface area contributed by atoms with E-state index in [1.807, 2.05) is 0 Å². The molecular formula is C24H25F3N2O. The molecular weight excluding hydrogens is 389 g/mol. The summed E-state index contributed by atoms with van der Waals surface area (Å²) < 4.78 is 45.0. The van der Waals surface area contributed by atoms with Gasteiger partial charge in [0.1, 0.15) is 23.1 Å². The SMILES string of the molecule is C/C=C/c1cc(F)c(C2c3[nH]c4cc(O)ccc4c3CCN2CC(C)(C)F)c(F)c1. The molecule has 2 heterocycles. The molecule has 0 saturated carbocycles. The molecule has 6 heteroatoms. The first-order chi connectivity index (χ1) is 14.2. The quantitative estimate of drug-likeness (QED) is 0.560. The number of rotatable bonds is 4. The minimum absolute atomic E-state index is 0.0349. The highest BCUT2D eigenvalue weighted by atomic mass is 19.1. The summed E-state index contributed by atoms with van der Waals surface area (Å²) >= 11 is 0. The number of halogens is 3. The van der Waals surface area contributed by atoms with Gasteiger partial charge >= 0.3 is 0 Å². The molecule has 0 saturated heterocycles. The summed E-state index contributed by atoms with van der Waals surface area (Å²) in [5, 5.41) is 10.7. The molecule has 2 N–H and O–H groups in total. The number of hydrogen-bond acceptors (Lipinski definition) is 2. The van der Waals surface area contributed by atoms with Crippen molar-refractivity contribution >= 4 is 17.0 Å². The summed E-state index contributed by atoms with van der Waals surface area (Å²) in [5.74, 6) is -1.22. The molecule has 2 aromatic carbocycles. The molecule has 0 aliphatic carbocycles. The van der Waals surface area contributed by atoms with Gasteiger partial charge in [-0.2, -0.15) is 0 Å². The van der Waals surface area contributed by atoms with Gasteiger partial charge in [0.05, 0.1) is 6.04 Å². The molecule has 0 bridgehead atoms. The molecule has 0 spiro atoms. The van der Waals surface area contributed by atoms with Crippen LogP contribution in [-0.4, -0.2) is 33.7 Å². The normalized spacial score (nSPS) is 17.7. The van der Waals surface area contributed by atoms with Crippen molar-refractivity contribution in [1.29, 1.82) is 0 Å². The Kier molecular flexibility index (Phi) is 5.14. The summed E-state index contributed by atoms with van der Waals surface area (Å²) in [6, 6.07) is 6.80.